The summed E-state index contributed by atoms with van der Waals surface area (Å²) in [6.07, 6.45) is 3.39. The van der Waals surface area contributed by atoms with Gasteiger partial charge in [-0.25, -0.2) is 0 Å². The van der Waals surface area contributed by atoms with Crippen molar-refractivity contribution in [3.05, 3.63) is 53.3 Å². The average molecular weight is 272 g/mol. The van der Waals surface area contributed by atoms with Crippen LogP contribution in [0.25, 0.3) is 22.8 Å². The van der Waals surface area contributed by atoms with Crippen molar-refractivity contribution in [1.29, 1.82) is 0 Å². The van der Waals surface area contributed by atoms with Crippen LogP contribution in [-0.4, -0.2) is 15.1 Å². The number of hydrogen-bond donors (Lipinski definition) is 0. The van der Waals surface area contributed by atoms with Crippen molar-refractivity contribution in [2.75, 3.05) is 0 Å². The van der Waals surface area contributed by atoms with Gasteiger partial charge in [0, 0.05) is 28.5 Å². The molecule has 0 aliphatic rings. The molecule has 5 heteroatoms. The first kappa shape index (κ1) is 11.9. The predicted molar refractivity (Wildman–Crippen MR) is 72.7 cm³/mol. The van der Waals surface area contributed by atoms with Gasteiger partial charge in [-0.15, -0.1) is 0 Å². The molecule has 1 aromatic carbocycles. The molecule has 2 heterocycles. The third-order valence-corrected chi connectivity index (χ3v) is 3.17. The van der Waals surface area contributed by atoms with Gasteiger partial charge in [0.05, 0.1) is 0 Å². The Morgan fingerprint density at radius 3 is 2.79 bits per heavy atom. The highest BCUT2D eigenvalue weighted by Gasteiger charge is 2.11. The van der Waals surface area contributed by atoms with E-state index in [1.807, 2.05) is 37.3 Å². The van der Waals surface area contributed by atoms with E-state index in [0.29, 0.717) is 16.7 Å². The molecule has 4 nitrogen and oxygen atoms in total. The maximum absolute atomic E-state index is 6.09. The summed E-state index contributed by atoms with van der Waals surface area (Å²) in [7, 11) is 0. The Morgan fingerprint density at radius 2 is 2.05 bits per heavy atom. The molecule has 0 unspecified atom stereocenters. The largest absolute Gasteiger partial charge is 0.334 e. The second-order valence-corrected chi connectivity index (χ2v) is 4.54. The molecule has 0 amide bonds. The van der Waals surface area contributed by atoms with Crippen LogP contribution >= 0.6 is 11.6 Å². The molecule has 0 spiro atoms. The van der Waals surface area contributed by atoms with E-state index in [4.69, 9.17) is 16.1 Å². The highest BCUT2D eigenvalue weighted by Crippen LogP contribution is 2.25. The van der Waals surface area contributed by atoms with Gasteiger partial charge in [-0.1, -0.05) is 22.8 Å². The van der Waals surface area contributed by atoms with E-state index in [1.54, 1.807) is 12.4 Å². The normalized spacial score (nSPS) is 10.6. The summed E-state index contributed by atoms with van der Waals surface area (Å²) in [5, 5.41) is 4.63. The van der Waals surface area contributed by atoms with Gasteiger partial charge in [0.1, 0.15) is 0 Å². The summed E-state index contributed by atoms with van der Waals surface area (Å²) in [5.74, 6) is 0.959. The summed E-state index contributed by atoms with van der Waals surface area (Å²) in [4.78, 5) is 8.37. The second kappa shape index (κ2) is 4.82. The average Bonchev–Trinajstić information content (AvgIpc) is 2.93. The molecule has 0 saturated heterocycles. The molecule has 0 fully saturated rings. The van der Waals surface area contributed by atoms with Gasteiger partial charge < -0.3 is 4.52 Å². The van der Waals surface area contributed by atoms with Gasteiger partial charge in [-0.3, -0.25) is 4.98 Å². The fourth-order valence-electron chi connectivity index (χ4n) is 1.68. The van der Waals surface area contributed by atoms with Gasteiger partial charge in [0.15, 0.2) is 0 Å². The number of nitrogens with zero attached hydrogens (tertiary/aromatic N) is 3. The summed E-state index contributed by atoms with van der Waals surface area (Å²) in [6.45, 7) is 1.95. The van der Waals surface area contributed by atoms with Crippen LogP contribution < -0.4 is 0 Å². The van der Waals surface area contributed by atoms with E-state index in [1.165, 1.54) is 0 Å². The molecule has 0 saturated carbocycles. The Labute approximate surface area is 115 Å². The molecule has 94 valence electrons. The van der Waals surface area contributed by atoms with Crippen molar-refractivity contribution in [2.24, 2.45) is 0 Å². The summed E-state index contributed by atoms with van der Waals surface area (Å²) in [5.41, 5.74) is 2.63. The fraction of sp³-hybridized carbons (Fsp3) is 0.0714. The summed E-state index contributed by atoms with van der Waals surface area (Å²) < 4.78 is 5.25. The Hall–Kier alpha value is -2.20. The van der Waals surface area contributed by atoms with Crippen LogP contribution in [0.15, 0.2) is 47.2 Å². The molecular formula is C14H10ClN3O. The first-order chi connectivity index (χ1) is 9.24. The zero-order valence-corrected chi connectivity index (χ0v) is 10.9. The van der Waals surface area contributed by atoms with Gasteiger partial charge in [-0.05, 0) is 36.8 Å². The predicted octanol–water partition coefficient (Wildman–Crippen LogP) is 3.76. The molecule has 0 atom stereocenters. The van der Waals surface area contributed by atoms with Crippen molar-refractivity contribution in [3.63, 3.8) is 0 Å². The lowest BCUT2D eigenvalue weighted by Gasteiger charge is -1.98. The van der Waals surface area contributed by atoms with Crippen molar-refractivity contribution in [1.82, 2.24) is 15.1 Å². The summed E-state index contributed by atoms with van der Waals surface area (Å²) >= 11 is 6.09. The van der Waals surface area contributed by atoms with E-state index in [0.717, 1.165) is 16.7 Å². The number of aryl methyl sites for hydroxylation is 1. The lowest BCUT2D eigenvalue weighted by molar-refractivity contribution is 0.432. The van der Waals surface area contributed by atoms with Gasteiger partial charge in [0.2, 0.25) is 5.82 Å². The molecule has 0 aliphatic carbocycles. The quantitative estimate of drug-likeness (QED) is 0.712. The van der Waals surface area contributed by atoms with Crippen LogP contribution in [0.4, 0.5) is 0 Å². The van der Waals surface area contributed by atoms with Crippen molar-refractivity contribution < 1.29 is 4.52 Å². The maximum atomic E-state index is 6.09. The number of benzene rings is 1. The van der Waals surface area contributed by atoms with Crippen LogP contribution in [0.3, 0.4) is 0 Å². The molecule has 3 rings (SSSR count). The van der Waals surface area contributed by atoms with E-state index >= 15 is 0 Å². The highest BCUT2D eigenvalue weighted by atomic mass is 35.5. The van der Waals surface area contributed by atoms with E-state index in [2.05, 4.69) is 15.1 Å². The van der Waals surface area contributed by atoms with E-state index < -0.39 is 0 Å². The molecule has 0 aliphatic heterocycles. The zero-order valence-electron chi connectivity index (χ0n) is 10.2. The minimum Gasteiger partial charge on any atom is -0.334 e. The molecule has 0 bridgehead atoms. The zero-order chi connectivity index (χ0) is 13.2. The number of halogens is 1. The van der Waals surface area contributed by atoms with Gasteiger partial charge >= 0.3 is 0 Å². The van der Waals surface area contributed by atoms with Crippen LogP contribution in [-0.2, 0) is 0 Å². The molecular weight excluding hydrogens is 262 g/mol. The third-order valence-electron chi connectivity index (χ3n) is 2.76. The fourth-order valence-corrected chi connectivity index (χ4v) is 1.86. The first-order valence-electron chi connectivity index (χ1n) is 5.74. The number of rotatable bonds is 2. The minimum absolute atomic E-state index is 0.445. The second-order valence-electron chi connectivity index (χ2n) is 4.13. The minimum atomic E-state index is 0.445. The third kappa shape index (κ3) is 2.35. The SMILES string of the molecule is Cc1ccc(-c2nc(-c3cccnc3)no2)cc1Cl. The Bertz CT molecular complexity index is 710. The van der Waals surface area contributed by atoms with Crippen LogP contribution in [0.2, 0.25) is 5.02 Å². The molecule has 0 radical (unpaired) electrons. The lowest BCUT2D eigenvalue weighted by atomic mass is 10.1. The highest BCUT2D eigenvalue weighted by molar-refractivity contribution is 6.31. The van der Waals surface area contributed by atoms with Crippen molar-refractivity contribution in [3.8, 4) is 22.8 Å². The molecule has 3 aromatic rings. The monoisotopic (exact) mass is 271 g/mol. The van der Waals surface area contributed by atoms with E-state index in [-0.39, 0.29) is 0 Å². The maximum Gasteiger partial charge on any atom is 0.258 e. The Morgan fingerprint density at radius 1 is 1.16 bits per heavy atom. The van der Waals surface area contributed by atoms with Crippen molar-refractivity contribution in [2.45, 2.75) is 6.92 Å². The number of hydrogen-bond acceptors (Lipinski definition) is 4. The summed E-state index contributed by atoms with van der Waals surface area (Å²) in [6, 6.07) is 9.35. The van der Waals surface area contributed by atoms with Crippen molar-refractivity contribution >= 4 is 11.6 Å². The lowest BCUT2D eigenvalue weighted by Crippen LogP contribution is -1.83. The van der Waals surface area contributed by atoms with E-state index in [9.17, 15) is 0 Å². The Balaban J connectivity index is 1.99. The number of pyridine rings is 1. The smallest absolute Gasteiger partial charge is 0.258 e. The standard InChI is InChI=1S/C14H10ClN3O/c1-9-4-5-10(7-12(9)15)14-17-13(18-19-14)11-3-2-6-16-8-11/h2-8H,1H3. The molecule has 19 heavy (non-hydrogen) atoms. The Kier molecular flexibility index (Phi) is 3.01. The van der Waals surface area contributed by atoms with Crippen LogP contribution in [0.5, 0.6) is 0 Å². The van der Waals surface area contributed by atoms with Crippen LogP contribution in [0, 0.1) is 6.92 Å². The van der Waals surface area contributed by atoms with Crippen LogP contribution in [0.1, 0.15) is 5.56 Å². The molecule has 2 aromatic heterocycles. The van der Waals surface area contributed by atoms with Gasteiger partial charge in [0.25, 0.3) is 5.89 Å². The molecule has 0 N–H and O–H groups in total. The van der Waals surface area contributed by atoms with Gasteiger partial charge in [-0.2, -0.15) is 4.98 Å². The number of aromatic nitrogens is 3. The topological polar surface area (TPSA) is 51.8 Å². The first-order valence-corrected chi connectivity index (χ1v) is 6.12.